The lowest BCUT2D eigenvalue weighted by Gasteiger charge is -2.11. The number of carbonyl (C=O) groups is 1. The molecule has 0 saturated carbocycles. The molecule has 2 rings (SSSR count). The number of methoxy groups -OCH3 is 1. The zero-order valence-corrected chi connectivity index (χ0v) is 18.7. The van der Waals surface area contributed by atoms with Crippen molar-refractivity contribution in [1.82, 2.24) is 9.99 Å². The molecule has 2 aromatic rings. The van der Waals surface area contributed by atoms with Crippen LogP contribution in [0, 0.1) is 0 Å². The number of hydrogen-bond acceptors (Lipinski definition) is 5. The van der Waals surface area contributed by atoms with Crippen LogP contribution in [0.3, 0.4) is 0 Å². The lowest BCUT2D eigenvalue weighted by atomic mass is 10.1. The van der Waals surface area contributed by atoms with E-state index in [4.69, 9.17) is 9.47 Å². The lowest BCUT2D eigenvalue weighted by molar-refractivity contribution is 0.0953. The summed E-state index contributed by atoms with van der Waals surface area (Å²) in [6.45, 7) is 2.88. The normalized spacial score (nSPS) is 10.9. The molecule has 0 bridgehead atoms. The monoisotopic (exact) mass is 427 g/mol. The van der Waals surface area contributed by atoms with E-state index in [-0.39, 0.29) is 11.1 Å². The zero-order valence-electron chi connectivity index (χ0n) is 18.7. The third-order valence-corrected chi connectivity index (χ3v) is 4.94. The van der Waals surface area contributed by atoms with Crippen LogP contribution < -0.4 is 20.5 Å². The van der Waals surface area contributed by atoms with Crippen LogP contribution in [-0.2, 0) is 7.05 Å². The van der Waals surface area contributed by atoms with Gasteiger partial charge in [-0.25, -0.2) is 5.43 Å². The van der Waals surface area contributed by atoms with Crippen molar-refractivity contribution in [3.8, 4) is 11.5 Å². The number of ether oxygens (including phenoxy) is 2. The number of unbranched alkanes of at least 4 members (excludes halogenated alkanes) is 6. The van der Waals surface area contributed by atoms with Crippen LogP contribution in [0.1, 0.15) is 67.8 Å². The van der Waals surface area contributed by atoms with Gasteiger partial charge in [-0.3, -0.25) is 9.59 Å². The molecule has 168 valence electrons. The first-order valence-corrected chi connectivity index (χ1v) is 10.9. The van der Waals surface area contributed by atoms with Crippen LogP contribution in [0.15, 0.2) is 46.4 Å². The van der Waals surface area contributed by atoms with Crippen LogP contribution >= 0.6 is 0 Å². The van der Waals surface area contributed by atoms with Gasteiger partial charge in [-0.1, -0.05) is 45.4 Å². The van der Waals surface area contributed by atoms with Gasteiger partial charge in [0.2, 0.25) is 0 Å². The standard InChI is InChI=1S/C24H33N3O4/c1-4-5-6-7-8-9-10-16-31-21-14-13-19(17-22(21)30-3)18-25-26-23(28)20-12-11-15-27(2)24(20)29/h11-15,17-18H,4-10,16H2,1-3H3,(H,26,28)/b25-18-. The molecule has 7 nitrogen and oxygen atoms in total. The third-order valence-electron chi connectivity index (χ3n) is 4.94. The first-order chi connectivity index (χ1) is 15.1. The van der Waals surface area contributed by atoms with Crippen molar-refractivity contribution in [1.29, 1.82) is 0 Å². The molecule has 0 aliphatic rings. The number of nitrogens with zero attached hydrogens (tertiary/aromatic N) is 2. The van der Waals surface area contributed by atoms with Crippen LogP contribution in [0.2, 0.25) is 0 Å². The fourth-order valence-electron chi connectivity index (χ4n) is 3.12. The molecular formula is C24H33N3O4. The van der Waals surface area contributed by atoms with E-state index in [1.54, 1.807) is 32.5 Å². The maximum absolute atomic E-state index is 12.1. The van der Waals surface area contributed by atoms with E-state index in [2.05, 4.69) is 17.5 Å². The van der Waals surface area contributed by atoms with E-state index >= 15 is 0 Å². The second-order valence-corrected chi connectivity index (χ2v) is 7.42. The first-order valence-electron chi connectivity index (χ1n) is 10.9. The molecule has 0 aliphatic carbocycles. The Labute approximate surface area is 184 Å². The lowest BCUT2D eigenvalue weighted by Crippen LogP contribution is -2.29. The van der Waals surface area contributed by atoms with Gasteiger partial charge in [-0.05, 0) is 42.3 Å². The molecule has 31 heavy (non-hydrogen) atoms. The van der Waals surface area contributed by atoms with E-state index in [9.17, 15) is 9.59 Å². The zero-order chi connectivity index (χ0) is 22.5. The maximum Gasteiger partial charge on any atom is 0.276 e. The van der Waals surface area contributed by atoms with Gasteiger partial charge in [0.1, 0.15) is 5.56 Å². The van der Waals surface area contributed by atoms with Gasteiger partial charge in [0, 0.05) is 13.2 Å². The summed E-state index contributed by atoms with van der Waals surface area (Å²) < 4.78 is 12.6. The first kappa shape index (κ1) is 24.2. The largest absolute Gasteiger partial charge is 0.493 e. The van der Waals surface area contributed by atoms with Crippen molar-refractivity contribution in [3.05, 3.63) is 58.0 Å². The van der Waals surface area contributed by atoms with E-state index in [0.29, 0.717) is 18.1 Å². The second-order valence-electron chi connectivity index (χ2n) is 7.42. The van der Waals surface area contributed by atoms with Gasteiger partial charge in [0.15, 0.2) is 11.5 Å². The highest BCUT2D eigenvalue weighted by atomic mass is 16.5. The Morgan fingerprint density at radius 2 is 1.84 bits per heavy atom. The van der Waals surface area contributed by atoms with Gasteiger partial charge >= 0.3 is 0 Å². The van der Waals surface area contributed by atoms with E-state index in [1.807, 2.05) is 12.1 Å². The Hall–Kier alpha value is -3.09. The minimum Gasteiger partial charge on any atom is -0.493 e. The average molecular weight is 428 g/mol. The second kappa shape index (κ2) is 13.3. The molecule has 0 radical (unpaired) electrons. The molecular weight excluding hydrogens is 394 g/mol. The number of aromatic nitrogens is 1. The molecule has 1 amide bonds. The van der Waals surface area contributed by atoms with Gasteiger partial charge in [0.25, 0.3) is 11.5 Å². The van der Waals surface area contributed by atoms with Gasteiger partial charge < -0.3 is 14.0 Å². The minimum absolute atomic E-state index is 0.0360. The molecule has 0 spiro atoms. The molecule has 0 fully saturated rings. The Kier molecular flexibility index (Phi) is 10.3. The summed E-state index contributed by atoms with van der Waals surface area (Å²) in [5, 5.41) is 3.94. The summed E-state index contributed by atoms with van der Waals surface area (Å²) in [5.74, 6) is 0.733. The molecule has 0 saturated heterocycles. The fraction of sp³-hybridized carbons (Fsp3) is 0.458. The van der Waals surface area contributed by atoms with Crippen molar-refractivity contribution in [2.24, 2.45) is 12.1 Å². The number of hydrazone groups is 1. The van der Waals surface area contributed by atoms with Crippen LogP contribution in [0.5, 0.6) is 11.5 Å². The number of pyridine rings is 1. The summed E-state index contributed by atoms with van der Waals surface area (Å²) >= 11 is 0. The predicted molar refractivity (Wildman–Crippen MR) is 123 cm³/mol. The van der Waals surface area contributed by atoms with E-state index in [0.717, 1.165) is 12.0 Å². The maximum atomic E-state index is 12.1. The number of rotatable bonds is 13. The smallest absolute Gasteiger partial charge is 0.276 e. The third kappa shape index (κ3) is 7.92. The molecule has 1 heterocycles. The number of aryl methyl sites for hydroxylation is 1. The fourth-order valence-corrected chi connectivity index (χ4v) is 3.12. The van der Waals surface area contributed by atoms with Crippen molar-refractivity contribution < 1.29 is 14.3 Å². The molecule has 1 aromatic heterocycles. The molecule has 1 aromatic carbocycles. The highest BCUT2D eigenvalue weighted by Gasteiger charge is 2.10. The van der Waals surface area contributed by atoms with Gasteiger partial charge in [0.05, 0.1) is 19.9 Å². The SMILES string of the molecule is CCCCCCCCCOc1ccc(/C=N\NC(=O)c2cccn(C)c2=O)cc1OC. The van der Waals surface area contributed by atoms with Gasteiger partial charge in [-0.2, -0.15) is 5.10 Å². The highest BCUT2D eigenvalue weighted by Crippen LogP contribution is 2.27. The number of nitrogens with one attached hydrogen (secondary N) is 1. The van der Waals surface area contributed by atoms with Crippen molar-refractivity contribution in [2.75, 3.05) is 13.7 Å². The summed E-state index contributed by atoms with van der Waals surface area (Å²) in [4.78, 5) is 24.1. The molecule has 0 atom stereocenters. The molecule has 7 heteroatoms. The van der Waals surface area contributed by atoms with Crippen LogP contribution in [0.25, 0.3) is 0 Å². The van der Waals surface area contributed by atoms with Crippen LogP contribution in [-0.4, -0.2) is 30.4 Å². The van der Waals surface area contributed by atoms with Gasteiger partial charge in [-0.15, -0.1) is 0 Å². The van der Waals surface area contributed by atoms with Crippen molar-refractivity contribution in [2.45, 2.75) is 51.9 Å². The molecule has 0 aliphatic heterocycles. The summed E-state index contributed by atoms with van der Waals surface area (Å²) in [6, 6.07) is 8.55. The number of carbonyl (C=O) groups excluding carboxylic acids is 1. The number of amides is 1. The summed E-state index contributed by atoms with van der Waals surface area (Å²) in [5.41, 5.74) is 2.78. The number of hydrogen-bond donors (Lipinski definition) is 1. The summed E-state index contributed by atoms with van der Waals surface area (Å²) in [6.07, 6.45) is 11.7. The quantitative estimate of drug-likeness (QED) is 0.294. The Morgan fingerprint density at radius 1 is 1.10 bits per heavy atom. The van der Waals surface area contributed by atoms with Crippen molar-refractivity contribution in [3.63, 3.8) is 0 Å². The number of benzene rings is 1. The minimum atomic E-state index is -0.556. The van der Waals surface area contributed by atoms with Crippen molar-refractivity contribution >= 4 is 12.1 Å². The predicted octanol–water partition coefficient (Wildman–Crippen LogP) is 4.29. The van der Waals surface area contributed by atoms with E-state index in [1.165, 1.54) is 55.4 Å². The average Bonchev–Trinajstić information content (AvgIpc) is 2.77. The molecule has 0 unspecified atom stereocenters. The molecule has 1 N–H and O–H groups in total. The summed E-state index contributed by atoms with van der Waals surface area (Å²) in [7, 11) is 3.18. The van der Waals surface area contributed by atoms with E-state index < -0.39 is 5.91 Å². The van der Waals surface area contributed by atoms with Crippen LogP contribution in [0.4, 0.5) is 0 Å². The highest BCUT2D eigenvalue weighted by molar-refractivity contribution is 5.94. The topological polar surface area (TPSA) is 81.9 Å². The Balaban J connectivity index is 1.84. The Morgan fingerprint density at radius 3 is 2.58 bits per heavy atom. The Bertz CT molecular complexity index is 921.